The van der Waals surface area contributed by atoms with E-state index in [0.717, 1.165) is 43.4 Å². The Morgan fingerprint density at radius 3 is 2.73 bits per heavy atom. The topological polar surface area (TPSA) is 85.7 Å². The average molecular weight is 453 g/mol. The summed E-state index contributed by atoms with van der Waals surface area (Å²) in [4.78, 5) is 27.9. The molecule has 4 heterocycles. The van der Waals surface area contributed by atoms with Crippen LogP contribution in [0.4, 0.5) is 5.69 Å². The molecule has 0 unspecified atom stereocenters. The third-order valence-corrected chi connectivity index (χ3v) is 7.26. The van der Waals surface area contributed by atoms with Gasteiger partial charge in [-0.3, -0.25) is 14.3 Å². The number of nitrogens with one attached hydrogen (secondary N) is 1. The van der Waals surface area contributed by atoms with E-state index >= 15 is 0 Å². The van der Waals surface area contributed by atoms with Crippen LogP contribution in [0.2, 0.25) is 0 Å². The van der Waals surface area contributed by atoms with Crippen molar-refractivity contribution in [2.24, 2.45) is 24.8 Å². The lowest BCUT2D eigenvalue weighted by molar-refractivity contribution is -0.141. The van der Waals surface area contributed by atoms with Gasteiger partial charge < -0.3 is 19.7 Å². The third kappa shape index (κ3) is 4.90. The van der Waals surface area contributed by atoms with Gasteiger partial charge in [0, 0.05) is 57.4 Å². The third-order valence-electron chi connectivity index (χ3n) is 7.26. The van der Waals surface area contributed by atoms with Crippen LogP contribution in [0, 0.1) is 17.8 Å². The Morgan fingerprint density at radius 2 is 1.94 bits per heavy atom. The van der Waals surface area contributed by atoms with E-state index in [1.807, 2.05) is 42.5 Å². The summed E-state index contributed by atoms with van der Waals surface area (Å²) in [5.74, 6) is 1.54. The van der Waals surface area contributed by atoms with E-state index < -0.39 is 0 Å². The molecule has 176 valence electrons. The summed E-state index contributed by atoms with van der Waals surface area (Å²) >= 11 is 0. The predicted molar refractivity (Wildman–Crippen MR) is 124 cm³/mol. The van der Waals surface area contributed by atoms with Gasteiger partial charge in [0.15, 0.2) is 0 Å². The van der Waals surface area contributed by atoms with Gasteiger partial charge in [0.05, 0.1) is 18.5 Å². The molecule has 2 fully saturated rings. The molecule has 1 aromatic heterocycles. The summed E-state index contributed by atoms with van der Waals surface area (Å²) in [6.07, 6.45) is 7.56. The first kappa shape index (κ1) is 21.9. The highest BCUT2D eigenvalue weighted by Gasteiger charge is 2.35. The van der Waals surface area contributed by atoms with Gasteiger partial charge in [0.25, 0.3) is 0 Å². The lowest BCUT2D eigenvalue weighted by Crippen LogP contribution is -2.48. The maximum Gasteiger partial charge on any atom is 0.225 e. The zero-order valence-electron chi connectivity index (χ0n) is 19.2. The Labute approximate surface area is 194 Å². The summed E-state index contributed by atoms with van der Waals surface area (Å²) in [6, 6.07) is 5.85. The number of aryl methyl sites for hydroxylation is 1. The molecule has 2 aromatic rings. The number of hydrogen-bond acceptors (Lipinski definition) is 5. The van der Waals surface area contributed by atoms with Crippen molar-refractivity contribution in [2.45, 2.75) is 32.1 Å². The monoisotopic (exact) mass is 452 g/mol. The van der Waals surface area contributed by atoms with E-state index in [4.69, 9.17) is 9.47 Å². The number of nitrogens with zero attached hydrogens (tertiary/aromatic N) is 3. The fourth-order valence-corrected chi connectivity index (χ4v) is 5.33. The van der Waals surface area contributed by atoms with Crippen molar-refractivity contribution in [3.8, 4) is 16.9 Å². The summed E-state index contributed by atoms with van der Waals surface area (Å²) in [6.45, 7) is 3.34. The van der Waals surface area contributed by atoms with Gasteiger partial charge in [-0.25, -0.2) is 0 Å². The van der Waals surface area contributed by atoms with Crippen molar-refractivity contribution in [1.29, 1.82) is 0 Å². The Kier molecular flexibility index (Phi) is 6.35. The zero-order valence-corrected chi connectivity index (χ0v) is 19.2. The number of amides is 2. The van der Waals surface area contributed by atoms with Crippen LogP contribution < -0.4 is 10.1 Å². The SMILES string of the molecule is Cn1cc(-c2ccc3c(c2)OCC[C@H]2CN(C(=O)C4CCOCC4)CC[C@H]2CC(=O)N3)cn1. The molecule has 0 spiro atoms. The number of anilines is 1. The number of rotatable bonds is 2. The highest BCUT2D eigenvalue weighted by Crippen LogP contribution is 2.35. The second-order valence-corrected chi connectivity index (χ2v) is 9.48. The molecule has 0 saturated carbocycles. The minimum Gasteiger partial charge on any atom is -0.491 e. The van der Waals surface area contributed by atoms with E-state index in [-0.39, 0.29) is 29.6 Å². The Bertz CT molecular complexity index is 1010. The number of benzene rings is 1. The van der Waals surface area contributed by atoms with Gasteiger partial charge in [-0.2, -0.15) is 5.10 Å². The number of likely N-dealkylation sites (tertiary alicyclic amines) is 1. The molecule has 0 radical (unpaired) electrons. The van der Waals surface area contributed by atoms with Crippen LogP contribution in [0.1, 0.15) is 32.1 Å². The first-order valence-corrected chi connectivity index (χ1v) is 12.0. The molecule has 2 saturated heterocycles. The molecule has 1 N–H and O–H groups in total. The van der Waals surface area contributed by atoms with Crippen molar-refractivity contribution in [3.63, 3.8) is 0 Å². The molecular weight excluding hydrogens is 420 g/mol. The number of carbonyl (C=O) groups excluding carboxylic acids is 2. The van der Waals surface area contributed by atoms with Crippen molar-refractivity contribution < 1.29 is 19.1 Å². The summed E-state index contributed by atoms with van der Waals surface area (Å²) < 4.78 is 13.4. The van der Waals surface area contributed by atoms with E-state index in [9.17, 15) is 9.59 Å². The lowest BCUT2D eigenvalue weighted by atomic mass is 9.80. The second-order valence-electron chi connectivity index (χ2n) is 9.48. The van der Waals surface area contributed by atoms with Crippen LogP contribution in [-0.4, -0.2) is 59.4 Å². The average Bonchev–Trinajstić information content (AvgIpc) is 3.27. The molecule has 2 amide bonds. The van der Waals surface area contributed by atoms with E-state index in [1.54, 1.807) is 4.68 Å². The number of hydrogen-bond donors (Lipinski definition) is 1. The minimum atomic E-state index is 0.00934. The zero-order chi connectivity index (χ0) is 22.8. The number of aromatic nitrogens is 2. The largest absolute Gasteiger partial charge is 0.491 e. The molecule has 3 aliphatic heterocycles. The number of ether oxygens (including phenoxy) is 2. The Balaban J connectivity index is 1.30. The molecule has 3 aliphatic rings. The quantitative estimate of drug-likeness (QED) is 0.757. The summed E-state index contributed by atoms with van der Waals surface area (Å²) in [5, 5.41) is 7.30. The lowest BCUT2D eigenvalue weighted by Gasteiger charge is -2.40. The van der Waals surface area contributed by atoms with E-state index in [0.29, 0.717) is 44.2 Å². The van der Waals surface area contributed by atoms with Gasteiger partial charge in [-0.05, 0) is 55.2 Å². The van der Waals surface area contributed by atoms with Crippen molar-refractivity contribution >= 4 is 17.5 Å². The van der Waals surface area contributed by atoms with Crippen molar-refractivity contribution in [3.05, 3.63) is 30.6 Å². The van der Waals surface area contributed by atoms with Crippen LogP contribution in [-0.2, 0) is 21.4 Å². The van der Waals surface area contributed by atoms with Crippen LogP contribution in [0.5, 0.6) is 5.75 Å². The first-order chi connectivity index (χ1) is 16.1. The van der Waals surface area contributed by atoms with Gasteiger partial charge in [0.2, 0.25) is 11.8 Å². The molecule has 0 bridgehead atoms. The smallest absolute Gasteiger partial charge is 0.225 e. The van der Waals surface area contributed by atoms with E-state index in [1.165, 1.54) is 0 Å². The number of piperidine rings is 1. The Hall–Kier alpha value is -2.87. The van der Waals surface area contributed by atoms with Crippen molar-refractivity contribution in [2.75, 3.05) is 38.2 Å². The van der Waals surface area contributed by atoms with Crippen LogP contribution >= 0.6 is 0 Å². The fourth-order valence-electron chi connectivity index (χ4n) is 5.33. The number of carbonyl (C=O) groups is 2. The maximum absolute atomic E-state index is 13.1. The van der Waals surface area contributed by atoms with Gasteiger partial charge >= 0.3 is 0 Å². The van der Waals surface area contributed by atoms with Crippen LogP contribution in [0.15, 0.2) is 30.6 Å². The minimum absolute atomic E-state index is 0.00934. The standard InChI is InChI=1S/C25H32N4O4/c1-28-15-21(14-26-28)18-2-3-22-23(12-18)33-11-7-20-16-29(8-4-19(20)13-24(30)27-22)25(31)17-5-9-32-10-6-17/h2-3,12,14-15,17,19-20H,4-11,13,16H2,1H3,(H,27,30)/t19-,20-/m0/s1. The van der Waals surface area contributed by atoms with Gasteiger partial charge in [-0.15, -0.1) is 0 Å². The number of fused-ring (bicyclic) bond motifs is 2. The molecule has 1 aromatic carbocycles. The van der Waals surface area contributed by atoms with Gasteiger partial charge in [-0.1, -0.05) is 6.07 Å². The highest BCUT2D eigenvalue weighted by molar-refractivity contribution is 5.93. The van der Waals surface area contributed by atoms with Crippen molar-refractivity contribution in [1.82, 2.24) is 14.7 Å². The molecular formula is C25H32N4O4. The first-order valence-electron chi connectivity index (χ1n) is 12.0. The second kappa shape index (κ2) is 9.55. The molecule has 8 heteroatoms. The molecule has 8 nitrogen and oxygen atoms in total. The maximum atomic E-state index is 13.1. The fraction of sp³-hybridized carbons (Fsp3) is 0.560. The molecule has 2 atom stereocenters. The molecule has 33 heavy (non-hydrogen) atoms. The Morgan fingerprint density at radius 1 is 1.09 bits per heavy atom. The summed E-state index contributed by atoms with van der Waals surface area (Å²) in [5.41, 5.74) is 2.71. The van der Waals surface area contributed by atoms with E-state index in [2.05, 4.69) is 10.4 Å². The summed E-state index contributed by atoms with van der Waals surface area (Å²) in [7, 11) is 1.89. The van der Waals surface area contributed by atoms with Crippen LogP contribution in [0.3, 0.4) is 0 Å². The molecule has 5 rings (SSSR count). The van der Waals surface area contributed by atoms with Gasteiger partial charge in [0.1, 0.15) is 5.75 Å². The normalized spacial score (nSPS) is 24.3. The highest BCUT2D eigenvalue weighted by atomic mass is 16.5. The van der Waals surface area contributed by atoms with Crippen LogP contribution in [0.25, 0.3) is 11.1 Å². The molecule has 0 aliphatic carbocycles. The predicted octanol–water partition coefficient (Wildman–Crippen LogP) is 3.09.